The molecule has 0 fully saturated rings. The van der Waals surface area contributed by atoms with Gasteiger partial charge in [-0.3, -0.25) is 9.59 Å². The molecule has 0 spiro atoms. The molecule has 0 aliphatic carbocycles. The predicted molar refractivity (Wildman–Crippen MR) is 132 cm³/mol. The molecule has 5 nitrogen and oxygen atoms in total. The number of aryl methyl sites for hydroxylation is 2. The smallest absolute Gasteiger partial charge is 0.255 e. The van der Waals surface area contributed by atoms with Gasteiger partial charge in [-0.05, 0) is 68.8 Å². The number of nitrogens with one attached hydrogen (secondary N) is 2. The molecule has 1 atom stereocenters. The van der Waals surface area contributed by atoms with Crippen molar-refractivity contribution >= 4 is 46.6 Å². The van der Waals surface area contributed by atoms with Gasteiger partial charge in [0.2, 0.25) is 5.91 Å². The lowest BCUT2D eigenvalue weighted by Gasteiger charge is -2.15. The van der Waals surface area contributed by atoms with Crippen LogP contribution in [0, 0.1) is 13.8 Å². The van der Waals surface area contributed by atoms with Gasteiger partial charge in [0.15, 0.2) is 0 Å². The number of thioether (sulfide) groups is 1. The maximum absolute atomic E-state index is 12.7. The summed E-state index contributed by atoms with van der Waals surface area (Å²) < 4.78 is 5.32. The Morgan fingerprint density at radius 2 is 1.72 bits per heavy atom. The average molecular weight is 469 g/mol. The Bertz CT molecular complexity index is 1130. The molecule has 3 aromatic rings. The predicted octanol–water partition coefficient (Wildman–Crippen LogP) is 6.34. The minimum Gasteiger partial charge on any atom is -0.495 e. The summed E-state index contributed by atoms with van der Waals surface area (Å²) in [4.78, 5) is 26.0. The van der Waals surface area contributed by atoms with Crippen molar-refractivity contribution in [2.75, 3.05) is 17.7 Å². The zero-order valence-corrected chi connectivity index (χ0v) is 19.9. The Balaban J connectivity index is 1.61. The van der Waals surface area contributed by atoms with Crippen molar-refractivity contribution in [2.24, 2.45) is 0 Å². The summed E-state index contributed by atoms with van der Waals surface area (Å²) in [6.45, 7) is 5.65. The minimum absolute atomic E-state index is 0.146. The lowest BCUT2D eigenvalue weighted by molar-refractivity contribution is -0.115. The number of carbonyl (C=O) groups excluding carboxylic acids is 2. The van der Waals surface area contributed by atoms with Gasteiger partial charge in [0.05, 0.1) is 18.0 Å². The Hall–Kier alpha value is -2.96. The Kier molecular flexibility index (Phi) is 7.83. The quantitative estimate of drug-likeness (QED) is 0.397. The van der Waals surface area contributed by atoms with Gasteiger partial charge in [0.25, 0.3) is 5.91 Å². The van der Waals surface area contributed by atoms with Crippen molar-refractivity contribution in [3.05, 3.63) is 82.4 Å². The normalized spacial score (nSPS) is 11.5. The van der Waals surface area contributed by atoms with Gasteiger partial charge in [-0.25, -0.2) is 0 Å². The van der Waals surface area contributed by atoms with Crippen LogP contribution in [0.3, 0.4) is 0 Å². The molecule has 0 heterocycles. The van der Waals surface area contributed by atoms with Crippen molar-refractivity contribution in [1.82, 2.24) is 0 Å². The van der Waals surface area contributed by atoms with E-state index in [0.29, 0.717) is 27.7 Å². The van der Waals surface area contributed by atoms with Gasteiger partial charge in [-0.2, -0.15) is 0 Å². The van der Waals surface area contributed by atoms with Crippen molar-refractivity contribution in [2.45, 2.75) is 30.9 Å². The van der Waals surface area contributed by atoms with E-state index in [9.17, 15) is 9.59 Å². The summed E-state index contributed by atoms with van der Waals surface area (Å²) in [6.07, 6.45) is 0. The average Bonchev–Trinajstić information content (AvgIpc) is 2.77. The summed E-state index contributed by atoms with van der Waals surface area (Å²) in [6, 6.07) is 18.3. The Labute approximate surface area is 197 Å². The molecular weight excluding hydrogens is 444 g/mol. The van der Waals surface area contributed by atoms with Crippen molar-refractivity contribution in [1.29, 1.82) is 0 Å². The van der Waals surface area contributed by atoms with Crippen LogP contribution < -0.4 is 15.4 Å². The van der Waals surface area contributed by atoms with E-state index >= 15 is 0 Å². The fraction of sp³-hybridized carbons (Fsp3) is 0.200. The third kappa shape index (κ3) is 6.05. The lowest BCUT2D eigenvalue weighted by atomic mass is 10.1. The number of hydrogen-bond acceptors (Lipinski definition) is 4. The van der Waals surface area contributed by atoms with Crippen molar-refractivity contribution in [3.63, 3.8) is 0 Å². The van der Waals surface area contributed by atoms with Gasteiger partial charge in [-0.15, -0.1) is 11.8 Å². The second kappa shape index (κ2) is 10.6. The molecule has 2 amide bonds. The van der Waals surface area contributed by atoms with Gasteiger partial charge in [-0.1, -0.05) is 29.3 Å². The molecule has 0 aliphatic heterocycles. The lowest BCUT2D eigenvalue weighted by Crippen LogP contribution is -2.22. The third-order valence-corrected chi connectivity index (χ3v) is 6.33. The zero-order chi connectivity index (χ0) is 23.3. The minimum atomic E-state index is -0.344. The van der Waals surface area contributed by atoms with Crippen LogP contribution in [0.1, 0.15) is 28.4 Å². The van der Waals surface area contributed by atoms with Gasteiger partial charge in [0, 0.05) is 27.2 Å². The molecular formula is C25H25ClN2O3S. The van der Waals surface area contributed by atoms with Gasteiger partial charge >= 0.3 is 0 Å². The first-order valence-corrected chi connectivity index (χ1v) is 11.3. The van der Waals surface area contributed by atoms with E-state index in [1.54, 1.807) is 18.2 Å². The van der Waals surface area contributed by atoms with Gasteiger partial charge < -0.3 is 15.4 Å². The van der Waals surface area contributed by atoms with Crippen LogP contribution in [0.15, 0.2) is 65.6 Å². The summed E-state index contributed by atoms with van der Waals surface area (Å²) >= 11 is 7.56. The molecule has 166 valence electrons. The van der Waals surface area contributed by atoms with E-state index in [0.717, 1.165) is 16.0 Å². The second-order valence-electron chi connectivity index (χ2n) is 7.40. The summed E-state index contributed by atoms with van der Waals surface area (Å²) in [5, 5.41) is 6.04. The number of ether oxygens (including phenoxy) is 1. The van der Waals surface area contributed by atoms with Crippen molar-refractivity contribution < 1.29 is 14.3 Å². The van der Waals surface area contributed by atoms with E-state index in [1.165, 1.54) is 18.9 Å². The third-order valence-electron chi connectivity index (χ3n) is 4.81. The Morgan fingerprint density at radius 3 is 2.38 bits per heavy atom. The van der Waals surface area contributed by atoms with Crippen LogP contribution in [-0.4, -0.2) is 24.2 Å². The molecule has 2 N–H and O–H groups in total. The highest BCUT2D eigenvalue weighted by Crippen LogP contribution is 2.32. The van der Waals surface area contributed by atoms with E-state index in [4.69, 9.17) is 16.3 Å². The zero-order valence-electron chi connectivity index (χ0n) is 18.4. The number of methoxy groups -OCH3 is 1. The highest BCUT2D eigenvalue weighted by Gasteiger charge is 2.17. The summed E-state index contributed by atoms with van der Waals surface area (Å²) in [7, 11) is 1.54. The number of amides is 2. The maximum Gasteiger partial charge on any atom is 0.255 e. The molecule has 0 aromatic heterocycles. The van der Waals surface area contributed by atoms with Crippen LogP contribution in [0.5, 0.6) is 5.75 Å². The monoisotopic (exact) mass is 468 g/mol. The number of carbonyl (C=O) groups is 2. The molecule has 0 saturated carbocycles. The topological polar surface area (TPSA) is 67.4 Å². The molecule has 7 heteroatoms. The first kappa shape index (κ1) is 23.7. The number of rotatable bonds is 7. The maximum atomic E-state index is 12.7. The SMILES string of the molecule is COc1cc(Cl)c(C)cc1NC(=O)C(C)Sc1ccc(NC(=O)c2cccc(C)c2)cc1. The molecule has 32 heavy (non-hydrogen) atoms. The number of benzene rings is 3. The highest BCUT2D eigenvalue weighted by atomic mass is 35.5. The van der Waals surface area contributed by atoms with E-state index in [2.05, 4.69) is 10.6 Å². The summed E-state index contributed by atoms with van der Waals surface area (Å²) in [5.41, 5.74) is 3.77. The number of halogens is 1. The second-order valence-corrected chi connectivity index (χ2v) is 9.22. The molecule has 0 saturated heterocycles. The molecule has 3 aromatic carbocycles. The first-order valence-electron chi connectivity index (χ1n) is 10.1. The molecule has 0 bridgehead atoms. The fourth-order valence-corrected chi connectivity index (χ4v) is 4.05. The van der Waals surface area contributed by atoms with E-state index < -0.39 is 0 Å². The molecule has 0 radical (unpaired) electrons. The van der Waals surface area contributed by atoms with Crippen LogP contribution in [-0.2, 0) is 4.79 Å². The Morgan fingerprint density at radius 1 is 1.00 bits per heavy atom. The molecule has 1 unspecified atom stereocenters. The van der Waals surface area contributed by atoms with Crippen LogP contribution >= 0.6 is 23.4 Å². The van der Waals surface area contributed by atoms with Crippen LogP contribution in [0.2, 0.25) is 5.02 Å². The largest absolute Gasteiger partial charge is 0.495 e. The summed E-state index contributed by atoms with van der Waals surface area (Å²) in [5.74, 6) is 0.209. The number of hydrogen-bond donors (Lipinski definition) is 2. The van der Waals surface area contributed by atoms with Crippen LogP contribution in [0.4, 0.5) is 11.4 Å². The van der Waals surface area contributed by atoms with Gasteiger partial charge in [0.1, 0.15) is 5.75 Å². The number of anilines is 2. The molecule has 0 aliphatic rings. The highest BCUT2D eigenvalue weighted by molar-refractivity contribution is 8.00. The van der Waals surface area contributed by atoms with Crippen LogP contribution in [0.25, 0.3) is 0 Å². The molecule has 3 rings (SSSR count). The van der Waals surface area contributed by atoms with E-state index in [1.807, 2.05) is 63.2 Å². The fourth-order valence-electron chi connectivity index (χ4n) is 3.03. The first-order chi connectivity index (χ1) is 15.3. The van der Waals surface area contributed by atoms with E-state index in [-0.39, 0.29) is 17.1 Å². The standard InChI is InChI=1S/C25H25ClN2O3S/c1-15-6-5-7-18(12-15)25(30)27-19-8-10-20(11-9-19)32-17(3)24(29)28-22-13-16(2)21(26)14-23(22)31-4/h5-14,17H,1-4H3,(H,27,30)(H,28,29). The van der Waals surface area contributed by atoms with Crippen molar-refractivity contribution in [3.8, 4) is 5.75 Å².